The van der Waals surface area contributed by atoms with Crippen molar-refractivity contribution in [1.82, 2.24) is 16.0 Å². The minimum Gasteiger partial charge on any atom is -0.481 e. The Morgan fingerprint density at radius 1 is 0.788 bits per heavy atom. The first-order valence-electron chi connectivity index (χ1n) is 10.2. The van der Waals surface area contributed by atoms with Crippen LogP contribution < -0.4 is 21.7 Å². The predicted octanol–water partition coefficient (Wildman–Crippen LogP) is -2.38. The lowest BCUT2D eigenvalue weighted by molar-refractivity contribution is -0.146. The second-order valence-corrected chi connectivity index (χ2v) is 7.95. The van der Waals surface area contributed by atoms with Crippen molar-refractivity contribution in [2.45, 2.75) is 76.7 Å². The van der Waals surface area contributed by atoms with Crippen LogP contribution in [0.1, 0.15) is 46.5 Å². The average molecular weight is 476 g/mol. The lowest BCUT2D eigenvalue weighted by Crippen LogP contribution is -2.58. The minimum absolute atomic E-state index is 0.0526. The Bertz CT molecular complexity index is 740. The molecule has 0 saturated heterocycles. The van der Waals surface area contributed by atoms with E-state index in [2.05, 4.69) is 10.6 Å². The Kier molecular flexibility index (Phi) is 12.6. The predicted molar refractivity (Wildman–Crippen MR) is 112 cm³/mol. The molecule has 0 aliphatic heterocycles. The molecule has 0 fully saturated rings. The van der Waals surface area contributed by atoms with Crippen LogP contribution in [-0.4, -0.2) is 86.3 Å². The van der Waals surface area contributed by atoms with Crippen LogP contribution in [0.3, 0.4) is 0 Å². The number of carboxylic acid groups (broad SMARTS) is 3. The van der Waals surface area contributed by atoms with Gasteiger partial charge in [-0.05, 0) is 25.7 Å². The van der Waals surface area contributed by atoms with Gasteiger partial charge < -0.3 is 42.1 Å². The van der Waals surface area contributed by atoms with Crippen LogP contribution in [0.15, 0.2) is 0 Å². The lowest BCUT2D eigenvalue weighted by atomic mass is 10.0. The third-order valence-electron chi connectivity index (χ3n) is 4.40. The van der Waals surface area contributed by atoms with Crippen molar-refractivity contribution in [3.8, 4) is 0 Å². The summed E-state index contributed by atoms with van der Waals surface area (Å²) in [5, 5.41) is 42.8. The van der Waals surface area contributed by atoms with Gasteiger partial charge in [-0.3, -0.25) is 24.0 Å². The van der Waals surface area contributed by atoms with Gasteiger partial charge in [-0.25, -0.2) is 4.79 Å². The number of carboxylic acids is 3. The number of carbonyl (C=O) groups excluding carboxylic acids is 3. The molecule has 0 aliphatic rings. The van der Waals surface area contributed by atoms with E-state index in [4.69, 9.17) is 21.1 Å². The average Bonchev–Trinajstić information content (AvgIpc) is 2.66. The third kappa shape index (κ3) is 11.8. The zero-order valence-corrected chi connectivity index (χ0v) is 18.6. The van der Waals surface area contributed by atoms with Crippen molar-refractivity contribution >= 4 is 35.6 Å². The van der Waals surface area contributed by atoms with E-state index in [9.17, 15) is 33.9 Å². The highest BCUT2D eigenvalue weighted by atomic mass is 16.4. The second-order valence-electron chi connectivity index (χ2n) is 7.95. The highest BCUT2D eigenvalue weighted by Crippen LogP contribution is 2.06. The summed E-state index contributed by atoms with van der Waals surface area (Å²) in [6.07, 6.45) is -3.11. The Hall–Kier alpha value is -3.26. The molecule has 0 aromatic heterocycles. The standard InChI is InChI=1S/C19H32N4O10/c1-8(2)6-10(20)16(29)21-11(4-5-13(25)26)17(30)22-12(7-14(27)28)18(31)23-15(9(3)24)19(32)33/h8-12,15,24H,4-7,20H2,1-3H3,(H,21,29)(H,22,30)(H,23,31)(H,25,26)(H,27,28)(H,32,33). The van der Waals surface area contributed by atoms with Gasteiger partial charge in [-0.2, -0.15) is 0 Å². The van der Waals surface area contributed by atoms with E-state index < -0.39 is 78.7 Å². The Morgan fingerprint density at radius 3 is 1.73 bits per heavy atom. The van der Waals surface area contributed by atoms with Crippen LogP contribution in [0, 0.1) is 5.92 Å². The molecule has 0 bridgehead atoms. The number of aliphatic hydroxyl groups excluding tert-OH is 1. The number of hydrogen-bond acceptors (Lipinski definition) is 8. The number of aliphatic hydroxyl groups is 1. The van der Waals surface area contributed by atoms with E-state index >= 15 is 0 Å². The fourth-order valence-electron chi connectivity index (χ4n) is 2.73. The number of rotatable bonds is 15. The van der Waals surface area contributed by atoms with Crippen molar-refractivity contribution in [2.75, 3.05) is 0 Å². The third-order valence-corrected chi connectivity index (χ3v) is 4.40. The van der Waals surface area contributed by atoms with Gasteiger partial charge in [-0.15, -0.1) is 0 Å². The summed E-state index contributed by atoms with van der Waals surface area (Å²) in [6.45, 7) is 4.71. The molecule has 0 spiro atoms. The molecule has 0 saturated carbocycles. The van der Waals surface area contributed by atoms with Crippen LogP contribution in [0.2, 0.25) is 0 Å². The fraction of sp³-hybridized carbons (Fsp3) is 0.684. The summed E-state index contributed by atoms with van der Waals surface area (Å²) < 4.78 is 0. The Balaban J connectivity index is 5.58. The smallest absolute Gasteiger partial charge is 0.328 e. The van der Waals surface area contributed by atoms with Crippen molar-refractivity contribution in [1.29, 1.82) is 0 Å². The number of amides is 3. The summed E-state index contributed by atoms with van der Waals surface area (Å²) in [6, 6.07) is -6.00. The maximum atomic E-state index is 12.7. The number of aliphatic carboxylic acids is 3. The lowest BCUT2D eigenvalue weighted by Gasteiger charge is -2.25. The van der Waals surface area contributed by atoms with E-state index in [1.807, 2.05) is 19.2 Å². The monoisotopic (exact) mass is 476 g/mol. The van der Waals surface area contributed by atoms with Gasteiger partial charge in [0.05, 0.1) is 18.6 Å². The van der Waals surface area contributed by atoms with Crippen molar-refractivity contribution in [2.24, 2.45) is 11.7 Å². The van der Waals surface area contributed by atoms with E-state index in [0.29, 0.717) is 0 Å². The zero-order valence-electron chi connectivity index (χ0n) is 18.6. The van der Waals surface area contributed by atoms with E-state index in [1.54, 1.807) is 0 Å². The maximum Gasteiger partial charge on any atom is 0.328 e. The number of carbonyl (C=O) groups is 6. The van der Waals surface area contributed by atoms with Gasteiger partial charge >= 0.3 is 17.9 Å². The van der Waals surface area contributed by atoms with Crippen molar-refractivity contribution < 1.29 is 49.2 Å². The first-order chi connectivity index (χ1) is 15.1. The molecule has 0 rings (SSSR count). The fourth-order valence-corrected chi connectivity index (χ4v) is 2.73. The van der Waals surface area contributed by atoms with Gasteiger partial charge in [0.25, 0.3) is 0 Å². The molecule has 0 aromatic rings. The van der Waals surface area contributed by atoms with Crippen LogP contribution in [0.5, 0.6) is 0 Å². The van der Waals surface area contributed by atoms with Crippen LogP contribution in [-0.2, 0) is 28.8 Å². The van der Waals surface area contributed by atoms with Gasteiger partial charge in [0, 0.05) is 6.42 Å². The van der Waals surface area contributed by atoms with Crippen molar-refractivity contribution in [3.63, 3.8) is 0 Å². The van der Waals surface area contributed by atoms with Crippen LogP contribution in [0.4, 0.5) is 0 Å². The molecular weight excluding hydrogens is 444 g/mol. The quantitative estimate of drug-likeness (QED) is 0.124. The Morgan fingerprint density at radius 2 is 1.30 bits per heavy atom. The molecule has 188 valence electrons. The SMILES string of the molecule is CC(C)CC(N)C(=O)NC(CCC(=O)O)C(=O)NC(CC(=O)O)C(=O)NC(C(=O)O)C(C)O. The largest absolute Gasteiger partial charge is 0.481 e. The normalized spacial score (nSPS) is 15.5. The number of nitrogens with one attached hydrogen (secondary N) is 3. The molecule has 0 aliphatic carbocycles. The highest BCUT2D eigenvalue weighted by molar-refractivity contribution is 5.95. The zero-order chi connectivity index (χ0) is 25.9. The minimum atomic E-state index is -1.78. The molecule has 5 unspecified atom stereocenters. The summed E-state index contributed by atoms with van der Waals surface area (Å²) in [5.74, 6) is -7.33. The summed E-state index contributed by atoms with van der Waals surface area (Å²) in [5.41, 5.74) is 5.77. The first kappa shape index (κ1) is 29.7. The van der Waals surface area contributed by atoms with E-state index in [0.717, 1.165) is 6.92 Å². The molecule has 33 heavy (non-hydrogen) atoms. The molecule has 14 nitrogen and oxygen atoms in total. The molecule has 9 N–H and O–H groups in total. The van der Waals surface area contributed by atoms with Crippen LogP contribution >= 0.6 is 0 Å². The molecule has 5 atom stereocenters. The van der Waals surface area contributed by atoms with Gasteiger partial charge in [-0.1, -0.05) is 13.8 Å². The molecule has 3 amide bonds. The molecule has 0 heterocycles. The summed E-state index contributed by atoms with van der Waals surface area (Å²) in [7, 11) is 0. The topological polar surface area (TPSA) is 245 Å². The number of nitrogens with two attached hydrogens (primary N) is 1. The van der Waals surface area contributed by atoms with Gasteiger partial charge in [0.1, 0.15) is 12.1 Å². The van der Waals surface area contributed by atoms with Gasteiger partial charge in [0.15, 0.2) is 6.04 Å². The van der Waals surface area contributed by atoms with Crippen LogP contribution in [0.25, 0.3) is 0 Å². The Labute approximate surface area is 189 Å². The number of hydrogen-bond donors (Lipinski definition) is 8. The molecular formula is C19H32N4O10. The highest BCUT2D eigenvalue weighted by Gasteiger charge is 2.33. The first-order valence-corrected chi connectivity index (χ1v) is 10.2. The summed E-state index contributed by atoms with van der Waals surface area (Å²) in [4.78, 5) is 70.6. The molecule has 0 aromatic carbocycles. The maximum absolute atomic E-state index is 12.7. The van der Waals surface area contributed by atoms with E-state index in [-0.39, 0.29) is 18.8 Å². The van der Waals surface area contributed by atoms with Crippen molar-refractivity contribution in [3.05, 3.63) is 0 Å². The molecule has 0 radical (unpaired) electrons. The second kappa shape index (κ2) is 14.0. The molecule has 14 heteroatoms. The summed E-state index contributed by atoms with van der Waals surface area (Å²) >= 11 is 0. The van der Waals surface area contributed by atoms with E-state index in [1.165, 1.54) is 0 Å². The van der Waals surface area contributed by atoms with Gasteiger partial charge in [0.2, 0.25) is 17.7 Å².